The van der Waals surface area contributed by atoms with E-state index in [0.29, 0.717) is 33.7 Å². The van der Waals surface area contributed by atoms with E-state index in [2.05, 4.69) is 20.2 Å². The number of aromatic nitrogens is 4. The van der Waals surface area contributed by atoms with Gasteiger partial charge in [0.2, 0.25) is 5.91 Å². The van der Waals surface area contributed by atoms with Gasteiger partial charge in [0.1, 0.15) is 5.69 Å². The number of nitro benzene ring substituents is 1. The molecule has 0 atom stereocenters. The van der Waals surface area contributed by atoms with Crippen LogP contribution in [-0.2, 0) is 0 Å². The maximum atomic E-state index is 11.4. The van der Waals surface area contributed by atoms with Crippen LogP contribution in [-0.4, -0.2) is 31.0 Å². The molecule has 2 aromatic carbocycles. The maximum absolute atomic E-state index is 11.4. The first-order chi connectivity index (χ1) is 12.5. The summed E-state index contributed by atoms with van der Waals surface area (Å²) in [6, 6.07) is 11.2. The molecule has 2 heterocycles. The fourth-order valence-electron chi connectivity index (χ4n) is 2.72. The van der Waals surface area contributed by atoms with E-state index in [1.165, 1.54) is 12.1 Å². The van der Waals surface area contributed by atoms with E-state index >= 15 is 0 Å². The van der Waals surface area contributed by atoms with E-state index in [9.17, 15) is 14.9 Å². The van der Waals surface area contributed by atoms with Crippen molar-refractivity contribution in [2.75, 3.05) is 0 Å². The number of nitrogens with two attached hydrogens (primary N) is 1. The predicted octanol–water partition coefficient (Wildman–Crippen LogP) is 2.63. The van der Waals surface area contributed by atoms with E-state index in [1.54, 1.807) is 36.5 Å². The third kappa shape index (κ3) is 2.57. The number of carbonyl (C=O) groups excluding carboxylic acids is 1. The second-order valence-electron chi connectivity index (χ2n) is 5.65. The Bertz CT molecular complexity index is 1160. The smallest absolute Gasteiger partial charge is 0.270 e. The summed E-state index contributed by atoms with van der Waals surface area (Å²) in [5.74, 6) is -0.0600. The number of non-ortho nitro benzene ring substituents is 1. The molecule has 0 aliphatic carbocycles. The molecule has 0 spiro atoms. The largest absolute Gasteiger partial charge is 0.366 e. The standard InChI is InChI=1S/C17H12N6O3/c18-16(24)10-4-5-13-12(7-10)15(22-21-13)17-19-8-14(20-17)9-2-1-3-11(6-9)23(25)26/h1-8H,(H2,18,24)(H,19,20)(H,21,22). The van der Waals surface area contributed by atoms with Crippen LogP contribution in [0.3, 0.4) is 0 Å². The lowest BCUT2D eigenvalue weighted by atomic mass is 10.1. The zero-order valence-electron chi connectivity index (χ0n) is 13.3. The van der Waals surface area contributed by atoms with Crippen molar-refractivity contribution in [2.24, 2.45) is 5.73 Å². The van der Waals surface area contributed by atoms with E-state index in [-0.39, 0.29) is 5.69 Å². The zero-order chi connectivity index (χ0) is 18.3. The van der Waals surface area contributed by atoms with Crippen molar-refractivity contribution < 1.29 is 9.72 Å². The van der Waals surface area contributed by atoms with Gasteiger partial charge in [-0.1, -0.05) is 12.1 Å². The number of hydrogen-bond donors (Lipinski definition) is 3. The molecule has 0 bridgehead atoms. The molecule has 128 valence electrons. The number of aromatic amines is 2. The van der Waals surface area contributed by atoms with Gasteiger partial charge in [0.15, 0.2) is 5.82 Å². The zero-order valence-corrected chi connectivity index (χ0v) is 13.3. The van der Waals surface area contributed by atoms with Gasteiger partial charge in [-0.3, -0.25) is 20.0 Å². The van der Waals surface area contributed by atoms with Crippen LogP contribution >= 0.6 is 0 Å². The van der Waals surface area contributed by atoms with E-state index < -0.39 is 10.8 Å². The summed E-state index contributed by atoms with van der Waals surface area (Å²) in [5, 5.41) is 18.7. The van der Waals surface area contributed by atoms with Crippen LogP contribution in [0.1, 0.15) is 10.4 Å². The van der Waals surface area contributed by atoms with Crippen LogP contribution < -0.4 is 5.73 Å². The minimum absolute atomic E-state index is 0.00466. The molecular formula is C17H12N6O3. The Hall–Kier alpha value is -4.01. The van der Waals surface area contributed by atoms with Crippen molar-refractivity contribution in [3.05, 3.63) is 64.3 Å². The molecule has 0 saturated carbocycles. The van der Waals surface area contributed by atoms with Crippen molar-refractivity contribution in [1.82, 2.24) is 20.2 Å². The summed E-state index contributed by atoms with van der Waals surface area (Å²) in [5.41, 5.74) is 8.21. The number of hydrogen-bond acceptors (Lipinski definition) is 5. The maximum Gasteiger partial charge on any atom is 0.270 e. The molecule has 0 saturated heterocycles. The van der Waals surface area contributed by atoms with E-state index in [1.807, 2.05) is 0 Å². The van der Waals surface area contributed by atoms with Crippen LogP contribution in [0.15, 0.2) is 48.7 Å². The number of primary amides is 1. The number of fused-ring (bicyclic) bond motifs is 1. The van der Waals surface area contributed by atoms with Crippen molar-refractivity contribution in [1.29, 1.82) is 0 Å². The molecule has 0 aliphatic heterocycles. The number of carbonyl (C=O) groups is 1. The fourth-order valence-corrected chi connectivity index (χ4v) is 2.72. The predicted molar refractivity (Wildman–Crippen MR) is 94.3 cm³/mol. The number of benzene rings is 2. The number of rotatable bonds is 4. The molecule has 9 heteroatoms. The Morgan fingerprint density at radius 1 is 1.19 bits per heavy atom. The SMILES string of the molecule is NC(=O)c1ccc2[nH]nc(-c3ncc(-c4cccc([N+](=O)[O-])c4)[nH]3)c2c1. The van der Waals surface area contributed by atoms with Gasteiger partial charge in [-0.05, 0) is 18.2 Å². The Morgan fingerprint density at radius 3 is 2.81 bits per heavy atom. The van der Waals surface area contributed by atoms with Crippen molar-refractivity contribution in [2.45, 2.75) is 0 Å². The third-order valence-corrected chi connectivity index (χ3v) is 4.02. The first-order valence-electron chi connectivity index (χ1n) is 7.61. The summed E-state index contributed by atoms with van der Waals surface area (Å²) < 4.78 is 0. The third-order valence-electron chi connectivity index (χ3n) is 4.02. The summed E-state index contributed by atoms with van der Waals surface area (Å²) in [6.07, 6.45) is 1.58. The average molecular weight is 348 g/mol. The van der Waals surface area contributed by atoms with Crippen molar-refractivity contribution in [3.8, 4) is 22.8 Å². The molecule has 4 N–H and O–H groups in total. The summed E-state index contributed by atoms with van der Waals surface area (Å²) in [4.78, 5) is 29.3. The first kappa shape index (κ1) is 15.5. The number of nitrogens with zero attached hydrogens (tertiary/aromatic N) is 3. The summed E-state index contributed by atoms with van der Waals surface area (Å²) in [6.45, 7) is 0. The molecule has 0 aliphatic rings. The number of nitro groups is 1. The number of amides is 1. The highest BCUT2D eigenvalue weighted by atomic mass is 16.6. The van der Waals surface area contributed by atoms with Gasteiger partial charge in [-0.2, -0.15) is 5.10 Å². The monoisotopic (exact) mass is 348 g/mol. The first-order valence-corrected chi connectivity index (χ1v) is 7.61. The van der Waals surface area contributed by atoms with Crippen LogP contribution in [0, 0.1) is 10.1 Å². The second kappa shape index (κ2) is 5.81. The molecule has 2 aromatic heterocycles. The number of H-pyrrole nitrogens is 2. The van der Waals surface area contributed by atoms with Gasteiger partial charge < -0.3 is 10.7 Å². The Kier molecular flexibility index (Phi) is 3.47. The molecular weight excluding hydrogens is 336 g/mol. The van der Waals surface area contributed by atoms with Gasteiger partial charge in [-0.15, -0.1) is 0 Å². The average Bonchev–Trinajstić information content (AvgIpc) is 3.27. The Labute approximate surface area is 146 Å². The van der Waals surface area contributed by atoms with E-state index in [4.69, 9.17) is 5.73 Å². The number of nitrogens with one attached hydrogen (secondary N) is 2. The highest BCUT2D eigenvalue weighted by Crippen LogP contribution is 2.28. The summed E-state index contributed by atoms with van der Waals surface area (Å²) in [7, 11) is 0. The van der Waals surface area contributed by atoms with E-state index in [0.717, 1.165) is 5.52 Å². The van der Waals surface area contributed by atoms with Crippen LogP contribution in [0.5, 0.6) is 0 Å². The van der Waals surface area contributed by atoms with Crippen LogP contribution in [0.25, 0.3) is 33.7 Å². The molecule has 4 aromatic rings. The van der Waals surface area contributed by atoms with Gasteiger partial charge in [0.25, 0.3) is 5.69 Å². The molecule has 0 fully saturated rings. The lowest BCUT2D eigenvalue weighted by Gasteiger charge is -1.98. The van der Waals surface area contributed by atoms with Crippen LogP contribution in [0.2, 0.25) is 0 Å². The lowest BCUT2D eigenvalue weighted by molar-refractivity contribution is -0.384. The molecule has 9 nitrogen and oxygen atoms in total. The molecule has 0 radical (unpaired) electrons. The second-order valence-corrected chi connectivity index (χ2v) is 5.65. The Balaban J connectivity index is 1.78. The van der Waals surface area contributed by atoms with Crippen molar-refractivity contribution in [3.63, 3.8) is 0 Å². The van der Waals surface area contributed by atoms with Gasteiger partial charge >= 0.3 is 0 Å². The quantitative estimate of drug-likeness (QED) is 0.383. The van der Waals surface area contributed by atoms with Crippen LogP contribution in [0.4, 0.5) is 5.69 Å². The Morgan fingerprint density at radius 2 is 2.04 bits per heavy atom. The fraction of sp³-hybridized carbons (Fsp3) is 0. The molecule has 1 amide bonds. The normalized spacial score (nSPS) is 10.9. The summed E-state index contributed by atoms with van der Waals surface area (Å²) >= 11 is 0. The van der Waals surface area contributed by atoms with Gasteiger partial charge in [0, 0.05) is 28.6 Å². The lowest BCUT2D eigenvalue weighted by Crippen LogP contribution is -2.10. The number of imidazole rings is 1. The van der Waals surface area contributed by atoms with Gasteiger partial charge in [-0.25, -0.2) is 4.98 Å². The highest BCUT2D eigenvalue weighted by molar-refractivity contribution is 6.00. The molecule has 0 unspecified atom stereocenters. The minimum atomic E-state index is -0.532. The molecule has 4 rings (SSSR count). The van der Waals surface area contributed by atoms with Gasteiger partial charge in [0.05, 0.1) is 22.3 Å². The topological polar surface area (TPSA) is 144 Å². The molecule has 26 heavy (non-hydrogen) atoms. The highest BCUT2D eigenvalue weighted by Gasteiger charge is 2.15. The minimum Gasteiger partial charge on any atom is -0.366 e. The van der Waals surface area contributed by atoms with Crippen molar-refractivity contribution >= 4 is 22.5 Å².